The molecule has 0 amide bonds. The van der Waals surface area contributed by atoms with Gasteiger partial charge in [0.1, 0.15) is 0 Å². The van der Waals surface area contributed by atoms with Crippen molar-refractivity contribution >= 4 is 45.9 Å². The van der Waals surface area contributed by atoms with Gasteiger partial charge in [-0.25, -0.2) is 4.79 Å². The number of ether oxygens (including phenoxy) is 1. The Bertz CT molecular complexity index is 432. The first-order chi connectivity index (χ1) is 8.10. The van der Waals surface area contributed by atoms with Gasteiger partial charge in [0.25, 0.3) is 0 Å². The van der Waals surface area contributed by atoms with Crippen LogP contribution in [0.5, 0.6) is 0 Å². The maximum atomic E-state index is 11.6. The van der Waals surface area contributed by atoms with Crippen molar-refractivity contribution in [1.29, 1.82) is 0 Å². The van der Waals surface area contributed by atoms with Gasteiger partial charge in [-0.3, -0.25) is 4.79 Å². The number of ketones is 1. The first-order valence-electron chi connectivity index (χ1n) is 5.16. The summed E-state index contributed by atoms with van der Waals surface area (Å²) in [6.07, 6.45) is 0.302. The van der Waals surface area contributed by atoms with Crippen LogP contribution in [0, 0.1) is 3.57 Å². The Morgan fingerprint density at radius 1 is 1.41 bits per heavy atom. The van der Waals surface area contributed by atoms with E-state index in [2.05, 4.69) is 0 Å². The number of halogens is 2. The molecule has 0 aliphatic carbocycles. The van der Waals surface area contributed by atoms with E-state index in [1.807, 2.05) is 22.6 Å². The maximum absolute atomic E-state index is 11.6. The molecule has 0 radical (unpaired) electrons. The molecule has 0 aliphatic heterocycles. The molecule has 17 heavy (non-hydrogen) atoms. The van der Waals surface area contributed by atoms with Crippen LogP contribution in [0.4, 0.5) is 0 Å². The SMILES string of the molecule is CCOC(=O)c1ccc(C(=O)CCCl)cc1I. The van der Waals surface area contributed by atoms with Crippen molar-refractivity contribution in [1.82, 2.24) is 0 Å². The highest BCUT2D eigenvalue weighted by Gasteiger charge is 2.13. The number of carbonyl (C=O) groups is 2. The minimum Gasteiger partial charge on any atom is -0.462 e. The molecule has 0 aromatic heterocycles. The van der Waals surface area contributed by atoms with Crippen LogP contribution in [0.15, 0.2) is 18.2 Å². The number of esters is 1. The summed E-state index contributed by atoms with van der Waals surface area (Å²) in [6, 6.07) is 4.92. The van der Waals surface area contributed by atoms with Gasteiger partial charge in [0, 0.05) is 21.4 Å². The van der Waals surface area contributed by atoms with Crippen molar-refractivity contribution in [3.8, 4) is 0 Å². The summed E-state index contributed by atoms with van der Waals surface area (Å²) in [7, 11) is 0. The summed E-state index contributed by atoms with van der Waals surface area (Å²) >= 11 is 7.53. The largest absolute Gasteiger partial charge is 0.462 e. The molecular weight excluding hydrogens is 354 g/mol. The molecule has 92 valence electrons. The zero-order valence-corrected chi connectivity index (χ0v) is 12.2. The number of hydrogen-bond acceptors (Lipinski definition) is 3. The monoisotopic (exact) mass is 366 g/mol. The Morgan fingerprint density at radius 3 is 2.65 bits per heavy atom. The van der Waals surface area contributed by atoms with Crippen LogP contribution in [0.3, 0.4) is 0 Å². The molecule has 0 heterocycles. The van der Waals surface area contributed by atoms with Crippen LogP contribution in [0.2, 0.25) is 0 Å². The van der Waals surface area contributed by atoms with Crippen LogP contribution in [-0.2, 0) is 4.74 Å². The van der Waals surface area contributed by atoms with E-state index < -0.39 is 0 Å². The number of Topliss-reactive ketones (excluding diaryl/α,β-unsaturated/α-hetero) is 1. The van der Waals surface area contributed by atoms with Crippen molar-refractivity contribution in [2.45, 2.75) is 13.3 Å². The van der Waals surface area contributed by atoms with Crippen molar-refractivity contribution in [3.05, 3.63) is 32.9 Å². The smallest absolute Gasteiger partial charge is 0.339 e. The van der Waals surface area contributed by atoms with E-state index in [4.69, 9.17) is 16.3 Å². The number of rotatable bonds is 5. The number of benzene rings is 1. The fourth-order valence-electron chi connectivity index (χ4n) is 1.29. The predicted molar refractivity (Wildman–Crippen MR) is 74.8 cm³/mol. The molecule has 0 atom stereocenters. The van der Waals surface area contributed by atoms with E-state index in [-0.39, 0.29) is 11.8 Å². The van der Waals surface area contributed by atoms with Crippen molar-refractivity contribution in [2.24, 2.45) is 0 Å². The molecule has 0 saturated carbocycles. The summed E-state index contributed by atoms with van der Waals surface area (Å²) in [4.78, 5) is 23.1. The van der Waals surface area contributed by atoms with E-state index in [0.29, 0.717) is 33.6 Å². The van der Waals surface area contributed by atoms with E-state index in [1.165, 1.54) is 0 Å². The quantitative estimate of drug-likeness (QED) is 0.348. The Kier molecular flexibility index (Phi) is 5.91. The number of hydrogen-bond donors (Lipinski definition) is 0. The van der Waals surface area contributed by atoms with Crippen molar-refractivity contribution < 1.29 is 14.3 Å². The molecule has 0 spiro atoms. The van der Waals surface area contributed by atoms with E-state index in [9.17, 15) is 9.59 Å². The lowest BCUT2D eigenvalue weighted by Gasteiger charge is -2.06. The molecule has 3 nitrogen and oxygen atoms in total. The third-order valence-electron chi connectivity index (χ3n) is 2.11. The second kappa shape index (κ2) is 6.96. The first-order valence-corrected chi connectivity index (χ1v) is 6.77. The maximum Gasteiger partial charge on any atom is 0.339 e. The van der Waals surface area contributed by atoms with E-state index in [1.54, 1.807) is 25.1 Å². The predicted octanol–water partition coefficient (Wildman–Crippen LogP) is 3.28. The van der Waals surface area contributed by atoms with Gasteiger partial charge >= 0.3 is 5.97 Å². The average molecular weight is 367 g/mol. The van der Waals surface area contributed by atoms with Crippen LogP contribution >= 0.6 is 34.2 Å². The topological polar surface area (TPSA) is 43.4 Å². The molecule has 1 aromatic carbocycles. The van der Waals surface area contributed by atoms with Gasteiger partial charge in [-0.05, 0) is 41.6 Å². The van der Waals surface area contributed by atoms with Gasteiger partial charge in [-0.15, -0.1) is 11.6 Å². The molecule has 1 aromatic rings. The molecule has 1 rings (SSSR count). The number of alkyl halides is 1. The summed E-state index contributed by atoms with van der Waals surface area (Å²) in [6.45, 7) is 2.09. The van der Waals surface area contributed by atoms with Crippen LogP contribution in [-0.4, -0.2) is 24.2 Å². The van der Waals surface area contributed by atoms with Crippen molar-refractivity contribution in [3.63, 3.8) is 0 Å². The zero-order valence-electron chi connectivity index (χ0n) is 9.33. The third-order valence-corrected chi connectivity index (χ3v) is 3.19. The van der Waals surface area contributed by atoms with Gasteiger partial charge < -0.3 is 4.74 Å². The lowest BCUT2D eigenvalue weighted by molar-refractivity contribution is 0.0525. The Hall–Kier alpha value is -0.620. The summed E-state index contributed by atoms with van der Waals surface area (Å²) in [5.74, 6) is -0.0868. The minimum absolute atomic E-state index is 0.0201. The van der Waals surface area contributed by atoms with E-state index >= 15 is 0 Å². The van der Waals surface area contributed by atoms with Gasteiger partial charge in [0.2, 0.25) is 0 Å². The minimum atomic E-state index is -0.367. The van der Waals surface area contributed by atoms with Gasteiger partial charge in [0.15, 0.2) is 5.78 Å². The van der Waals surface area contributed by atoms with Gasteiger partial charge in [-0.1, -0.05) is 6.07 Å². The van der Waals surface area contributed by atoms with Crippen LogP contribution < -0.4 is 0 Å². The standard InChI is InChI=1S/C12H12ClIO3/c1-2-17-12(16)9-4-3-8(7-10(9)14)11(15)5-6-13/h3-4,7H,2,5-6H2,1H3. The second-order valence-electron chi connectivity index (χ2n) is 3.28. The summed E-state index contributed by atoms with van der Waals surface area (Å²) in [5.41, 5.74) is 1.05. The highest BCUT2D eigenvalue weighted by Crippen LogP contribution is 2.17. The van der Waals surface area contributed by atoms with E-state index in [0.717, 1.165) is 0 Å². The van der Waals surface area contributed by atoms with Crippen LogP contribution in [0.1, 0.15) is 34.1 Å². The normalized spacial score (nSPS) is 10.1. The summed E-state index contributed by atoms with van der Waals surface area (Å²) in [5, 5.41) is 0. The second-order valence-corrected chi connectivity index (χ2v) is 4.82. The number of carbonyl (C=O) groups excluding carboxylic acids is 2. The van der Waals surface area contributed by atoms with Gasteiger partial charge in [-0.2, -0.15) is 0 Å². The molecule has 0 N–H and O–H groups in total. The van der Waals surface area contributed by atoms with Gasteiger partial charge in [0.05, 0.1) is 12.2 Å². The fourth-order valence-corrected chi connectivity index (χ4v) is 2.20. The Balaban J connectivity index is 2.93. The van der Waals surface area contributed by atoms with Crippen molar-refractivity contribution in [2.75, 3.05) is 12.5 Å². The highest BCUT2D eigenvalue weighted by atomic mass is 127. The lowest BCUT2D eigenvalue weighted by atomic mass is 10.1. The molecule has 0 saturated heterocycles. The fraction of sp³-hybridized carbons (Fsp3) is 0.333. The Labute approximate surface area is 119 Å². The highest BCUT2D eigenvalue weighted by molar-refractivity contribution is 14.1. The first kappa shape index (κ1) is 14.4. The molecule has 0 unspecified atom stereocenters. The molecular formula is C12H12ClIO3. The van der Waals surface area contributed by atoms with Crippen LogP contribution in [0.25, 0.3) is 0 Å². The lowest BCUT2D eigenvalue weighted by Crippen LogP contribution is -2.08. The summed E-state index contributed by atoms with van der Waals surface area (Å²) < 4.78 is 5.62. The average Bonchev–Trinajstić information content (AvgIpc) is 2.29. The molecule has 0 aliphatic rings. The third kappa shape index (κ3) is 3.96. The molecule has 5 heteroatoms. The Morgan fingerprint density at radius 2 is 2.12 bits per heavy atom. The molecule has 0 bridgehead atoms. The molecule has 0 fully saturated rings. The zero-order chi connectivity index (χ0) is 12.8.